The van der Waals surface area contributed by atoms with Gasteiger partial charge in [0.15, 0.2) is 5.13 Å². The van der Waals surface area contributed by atoms with Gasteiger partial charge in [-0.15, -0.1) is 11.3 Å². The summed E-state index contributed by atoms with van der Waals surface area (Å²) in [7, 11) is 1.61. The van der Waals surface area contributed by atoms with Crippen LogP contribution in [0.5, 0.6) is 5.75 Å². The molecule has 0 aliphatic heterocycles. The van der Waals surface area contributed by atoms with Gasteiger partial charge in [-0.1, -0.05) is 0 Å². The molecule has 0 radical (unpaired) electrons. The van der Waals surface area contributed by atoms with Crippen LogP contribution in [0.15, 0.2) is 23.6 Å². The normalized spacial score (nSPS) is 13.4. The van der Waals surface area contributed by atoms with Crippen molar-refractivity contribution in [2.45, 2.75) is 26.2 Å². The molecule has 1 aliphatic rings. The van der Waals surface area contributed by atoms with E-state index in [0.717, 1.165) is 29.8 Å². The second-order valence-electron chi connectivity index (χ2n) is 5.82. The number of nitrogens with one attached hydrogen (secondary N) is 2. The molecule has 7 heteroatoms. The highest BCUT2D eigenvalue weighted by Crippen LogP contribution is 2.30. The van der Waals surface area contributed by atoms with Crippen molar-refractivity contribution in [1.29, 1.82) is 0 Å². The fourth-order valence-electron chi connectivity index (χ4n) is 2.32. The number of hydrogen-bond donors (Lipinski definition) is 2. The summed E-state index contributed by atoms with van der Waals surface area (Å²) in [4.78, 5) is 28.1. The Labute approximate surface area is 144 Å². The molecule has 6 nitrogen and oxygen atoms in total. The fraction of sp³-hybridized carbons (Fsp3) is 0.353. The summed E-state index contributed by atoms with van der Waals surface area (Å²) in [5.41, 5.74) is 2.32. The smallest absolute Gasteiger partial charge is 0.230 e. The summed E-state index contributed by atoms with van der Waals surface area (Å²) < 4.78 is 5.20. The molecular formula is C17H19N3O3S. The van der Waals surface area contributed by atoms with E-state index in [1.807, 2.05) is 19.1 Å². The molecule has 0 saturated heterocycles. The van der Waals surface area contributed by atoms with Gasteiger partial charge in [-0.25, -0.2) is 4.98 Å². The third-order valence-electron chi connectivity index (χ3n) is 3.75. The van der Waals surface area contributed by atoms with Gasteiger partial charge in [0.2, 0.25) is 11.8 Å². The minimum Gasteiger partial charge on any atom is -0.496 e. The van der Waals surface area contributed by atoms with E-state index in [1.54, 1.807) is 18.6 Å². The molecule has 1 saturated carbocycles. The number of hydrogen-bond acceptors (Lipinski definition) is 5. The van der Waals surface area contributed by atoms with Crippen molar-refractivity contribution >= 4 is 34.0 Å². The number of carbonyl (C=O) groups is 2. The topological polar surface area (TPSA) is 80.3 Å². The predicted octanol–water partition coefficient (Wildman–Crippen LogP) is 2.99. The Balaban J connectivity index is 1.55. The maximum absolute atomic E-state index is 12.1. The van der Waals surface area contributed by atoms with Crippen LogP contribution in [0.25, 0.3) is 0 Å². The molecule has 126 valence electrons. The number of rotatable bonds is 6. The summed E-state index contributed by atoms with van der Waals surface area (Å²) in [5.74, 6) is 0.793. The lowest BCUT2D eigenvalue weighted by Gasteiger charge is -2.08. The zero-order valence-electron chi connectivity index (χ0n) is 13.6. The van der Waals surface area contributed by atoms with Crippen molar-refractivity contribution < 1.29 is 14.3 Å². The molecule has 0 bridgehead atoms. The van der Waals surface area contributed by atoms with E-state index >= 15 is 0 Å². The fourth-order valence-corrected chi connectivity index (χ4v) is 3.04. The van der Waals surface area contributed by atoms with Crippen LogP contribution in [0, 0.1) is 12.8 Å². The van der Waals surface area contributed by atoms with Crippen molar-refractivity contribution in [3.05, 3.63) is 34.8 Å². The molecule has 0 atom stereocenters. The number of carbonyl (C=O) groups excluding carboxylic acids is 2. The van der Waals surface area contributed by atoms with Crippen LogP contribution in [-0.4, -0.2) is 23.9 Å². The SMILES string of the molecule is COc1ccc(NC(=O)Cc2csc(NC(=O)C3CC3)n2)cc1C. The lowest BCUT2D eigenvalue weighted by atomic mass is 10.2. The number of thiazole rings is 1. The molecule has 2 N–H and O–H groups in total. The molecule has 0 unspecified atom stereocenters. The number of benzene rings is 1. The largest absolute Gasteiger partial charge is 0.496 e. The summed E-state index contributed by atoms with van der Waals surface area (Å²) in [5, 5.41) is 7.98. The molecule has 1 aromatic heterocycles. The van der Waals surface area contributed by atoms with Crippen LogP contribution >= 0.6 is 11.3 Å². The van der Waals surface area contributed by atoms with E-state index in [0.29, 0.717) is 10.8 Å². The Hall–Kier alpha value is -2.41. The minimum absolute atomic E-state index is 0.0223. The van der Waals surface area contributed by atoms with Gasteiger partial charge in [-0.2, -0.15) is 0 Å². The monoisotopic (exact) mass is 345 g/mol. The van der Waals surface area contributed by atoms with Crippen molar-refractivity contribution in [3.63, 3.8) is 0 Å². The van der Waals surface area contributed by atoms with Crippen LogP contribution in [0.1, 0.15) is 24.1 Å². The van der Waals surface area contributed by atoms with Crippen LogP contribution in [0.3, 0.4) is 0 Å². The zero-order chi connectivity index (χ0) is 17.1. The molecule has 1 aromatic carbocycles. The Bertz CT molecular complexity index is 768. The summed E-state index contributed by atoms with van der Waals surface area (Å²) >= 11 is 1.34. The highest BCUT2D eigenvalue weighted by Gasteiger charge is 2.30. The second-order valence-corrected chi connectivity index (χ2v) is 6.67. The number of aromatic nitrogens is 1. The van der Waals surface area contributed by atoms with Crippen LogP contribution < -0.4 is 15.4 Å². The summed E-state index contributed by atoms with van der Waals surface area (Å²) in [6.07, 6.45) is 2.07. The maximum atomic E-state index is 12.1. The van der Waals surface area contributed by atoms with Gasteiger partial charge < -0.3 is 15.4 Å². The maximum Gasteiger partial charge on any atom is 0.230 e. The second kappa shape index (κ2) is 7.00. The lowest BCUT2D eigenvalue weighted by Crippen LogP contribution is -2.15. The Morgan fingerprint density at radius 1 is 1.33 bits per heavy atom. The Kier molecular flexibility index (Phi) is 4.80. The highest BCUT2D eigenvalue weighted by atomic mass is 32.1. The van der Waals surface area contributed by atoms with E-state index < -0.39 is 0 Å². The average Bonchev–Trinajstić information content (AvgIpc) is 3.30. The molecule has 2 aromatic rings. The zero-order valence-corrected chi connectivity index (χ0v) is 14.4. The number of nitrogens with zero attached hydrogens (tertiary/aromatic N) is 1. The summed E-state index contributed by atoms with van der Waals surface area (Å²) in [6.45, 7) is 1.92. The molecule has 1 heterocycles. The molecule has 1 fully saturated rings. The van der Waals surface area contributed by atoms with Gasteiger partial charge in [0.1, 0.15) is 5.75 Å². The van der Waals surface area contributed by atoms with Gasteiger partial charge in [0, 0.05) is 17.0 Å². The number of aryl methyl sites for hydroxylation is 1. The van der Waals surface area contributed by atoms with Gasteiger partial charge in [0.05, 0.1) is 19.2 Å². The lowest BCUT2D eigenvalue weighted by molar-refractivity contribution is -0.117. The first-order valence-corrected chi connectivity index (χ1v) is 8.63. The van der Waals surface area contributed by atoms with Crippen molar-refractivity contribution in [3.8, 4) is 5.75 Å². The molecular weight excluding hydrogens is 326 g/mol. The van der Waals surface area contributed by atoms with E-state index in [-0.39, 0.29) is 24.2 Å². The standard InChI is InChI=1S/C17H19N3O3S/c1-10-7-12(5-6-14(10)23-2)18-15(21)8-13-9-24-17(19-13)20-16(22)11-3-4-11/h5-7,9,11H,3-4,8H2,1-2H3,(H,18,21)(H,19,20,22). The van der Waals surface area contributed by atoms with Crippen LogP contribution in [-0.2, 0) is 16.0 Å². The first-order chi connectivity index (χ1) is 11.5. The van der Waals surface area contributed by atoms with Crippen LogP contribution in [0.4, 0.5) is 10.8 Å². The molecule has 0 spiro atoms. The number of anilines is 2. The van der Waals surface area contributed by atoms with Crippen molar-refractivity contribution in [1.82, 2.24) is 4.98 Å². The van der Waals surface area contributed by atoms with E-state index in [2.05, 4.69) is 15.6 Å². The number of amides is 2. The first kappa shape index (κ1) is 16.4. The van der Waals surface area contributed by atoms with E-state index in [9.17, 15) is 9.59 Å². The van der Waals surface area contributed by atoms with Crippen molar-refractivity contribution in [2.75, 3.05) is 17.7 Å². The molecule has 3 rings (SSSR count). The predicted molar refractivity (Wildman–Crippen MR) is 93.5 cm³/mol. The van der Waals surface area contributed by atoms with E-state index in [4.69, 9.17) is 4.74 Å². The first-order valence-electron chi connectivity index (χ1n) is 7.75. The molecule has 24 heavy (non-hydrogen) atoms. The highest BCUT2D eigenvalue weighted by molar-refractivity contribution is 7.13. The third-order valence-corrected chi connectivity index (χ3v) is 4.56. The number of methoxy groups -OCH3 is 1. The number of ether oxygens (including phenoxy) is 1. The molecule has 2 amide bonds. The van der Waals surface area contributed by atoms with E-state index in [1.165, 1.54) is 11.3 Å². The van der Waals surface area contributed by atoms with Gasteiger partial charge in [0.25, 0.3) is 0 Å². The van der Waals surface area contributed by atoms with Gasteiger partial charge in [-0.05, 0) is 43.5 Å². The van der Waals surface area contributed by atoms with Crippen LogP contribution in [0.2, 0.25) is 0 Å². The third kappa shape index (κ3) is 4.11. The Morgan fingerprint density at radius 3 is 2.79 bits per heavy atom. The molecule has 1 aliphatic carbocycles. The van der Waals surface area contributed by atoms with Crippen molar-refractivity contribution in [2.24, 2.45) is 5.92 Å². The van der Waals surface area contributed by atoms with Gasteiger partial charge in [-0.3, -0.25) is 9.59 Å². The Morgan fingerprint density at radius 2 is 2.12 bits per heavy atom. The summed E-state index contributed by atoms with van der Waals surface area (Å²) in [6, 6.07) is 5.48. The van der Waals surface area contributed by atoms with Gasteiger partial charge >= 0.3 is 0 Å². The quantitative estimate of drug-likeness (QED) is 0.843. The minimum atomic E-state index is -0.148. The average molecular weight is 345 g/mol.